The van der Waals surface area contributed by atoms with Gasteiger partial charge in [-0.2, -0.15) is 0 Å². The number of carboxylic acids is 1. The summed E-state index contributed by atoms with van der Waals surface area (Å²) in [6.07, 6.45) is 1.65. The van der Waals surface area contributed by atoms with Crippen molar-refractivity contribution in [2.75, 3.05) is 26.2 Å². The van der Waals surface area contributed by atoms with Gasteiger partial charge in [-0.25, -0.2) is 0 Å². The van der Waals surface area contributed by atoms with Crippen LogP contribution in [0.3, 0.4) is 0 Å². The van der Waals surface area contributed by atoms with Gasteiger partial charge >= 0.3 is 5.97 Å². The molecule has 0 atom stereocenters. The van der Waals surface area contributed by atoms with E-state index in [0.29, 0.717) is 6.42 Å². The lowest BCUT2D eigenvalue weighted by Gasteiger charge is -2.29. The van der Waals surface area contributed by atoms with E-state index in [1.165, 1.54) is 0 Å². The van der Waals surface area contributed by atoms with Gasteiger partial charge in [0.05, 0.1) is 0 Å². The van der Waals surface area contributed by atoms with E-state index >= 15 is 0 Å². The first-order valence-electron chi connectivity index (χ1n) is 5.90. The Morgan fingerprint density at radius 2 is 1.75 bits per heavy atom. The van der Waals surface area contributed by atoms with Gasteiger partial charge in [-0.15, -0.1) is 0 Å². The standard InChI is InChI=1S/C12H25NO3/c1-12(2,3)10-13(8-5-9-14)7-4-6-11(15)16/h14H,4-10H2,1-3H3,(H,15,16). The third kappa shape index (κ3) is 9.93. The molecule has 0 aromatic rings. The van der Waals surface area contributed by atoms with E-state index in [2.05, 4.69) is 25.7 Å². The summed E-state index contributed by atoms with van der Waals surface area (Å²) in [6.45, 7) is 9.26. The highest BCUT2D eigenvalue weighted by atomic mass is 16.4. The minimum Gasteiger partial charge on any atom is -0.481 e. The summed E-state index contributed by atoms with van der Waals surface area (Å²) in [5.74, 6) is -0.738. The van der Waals surface area contributed by atoms with Gasteiger partial charge in [0, 0.05) is 26.1 Å². The second-order valence-corrected chi connectivity index (χ2v) is 5.41. The Kier molecular flexibility index (Phi) is 7.34. The van der Waals surface area contributed by atoms with Crippen LogP contribution in [-0.4, -0.2) is 47.3 Å². The average molecular weight is 231 g/mol. The Hall–Kier alpha value is -0.610. The van der Waals surface area contributed by atoms with Crippen molar-refractivity contribution in [1.82, 2.24) is 4.90 Å². The van der Waals surface area contributed by atoms with E-state index in [1.54, 1.807) is 0 Å². The molecule has 0 radical (unpaired) electrons. The summed E-state index contributed by atoms with van der Waals surface area (Å²) in [5.41, 5.74) is 0.207. The number of aliphatic hydroxyl groups excluding tert-OH is 1. The topological polar surface area (TPSA) is 60.8 Å². The predicted octanol–water partition coefficient (Wildman–Crippen LogP) is 1.58. The summed E-state index contributed by atoms with van der Waals surface area (Å²) in [4.78, 5) is 12.7. The van der Waals surface area contributed by atoms with Gasteiger partial charge in [-0.3, -0.25) is 4.79 Å². The molecule has 16 heavy (non-hydrogen) atoms. The molecule has 0 saturated carbocycles. The van der Waals surface area contributed by atoms with Crippen LogP contribution in [-0.2, 0) is 4.79 Å². The third-order valence-corrected chi connectivity index (χ3v) is 2.20. The average Bonchev–Trinajstić information content (AvgIpc) is 2.11. The molecule has 2 N–H and O–H groups in total. The Morgan fingerprint density at radius 1 is 1.19 bits per heavy atom. The van der Waals surface area contributed by atoms with Crippen molar-refractivity contribution in [2.45, 2.75) is 40.0 Å². The second kappa shape index (κ2) is 7.63. The van der Waals surface area contributed by atoms with E-state index in [0.717, 1.165) is 26.1 Å². The van der Waals surface area contributed by atoms with E-state index in [1.807, 2.05) is 0 Å². The number of hydrogen-bond donors (Lipinski definition) is 2. The normalized spacial score (nSPS) is 12.1. The molecular weight excluding hydrogens is 206 g/mol. The van der Waals surface area contributed by atoms with Crippen LogP contribution in [0.1, 0.15) is 40.0 Å². The van der Waals surface area contributed by atoms with E-state index in [-0.39, 0.29) is 18.4 Å². The smallest absolute Gasteiger partial charge is 0.303 e. The highest BCUT2D eigenvalue weighted by Crippen LogP contribution is 2.15. The van der Waals surface area contributed by atoms with Gasteiger partial charge in [0.2, 0.25) is 0 Å². The van der Waals surface area contributed by atoms with Crippen LogP contribution in [0.5, 0.6) is 0 Å². The van der Waals surface area contributed by atoms with E-state index in [4.69, 9.17) is 10.2 Å². The number of aliphatic carboxylic acids is 1. The summed E-state index contributed by atoms with van der Waals surface area (Å²) in [7, 11) is 0. The molecule has 0 aromatic carbocycles. The van der Waals surface area contributed by atoms with Crippen LogP contribution >= 0.6 is 0 Å². The Morgan fingerprint density at radius 3 is 2.19 bits per heavy atom. The first-order chi connectivity index (χ1) is 7.35. The summed E-state index contributed by atoms with van der Waals surface area (Å²) >= 11 is 0. The number of hydrogen-bond acceptors (Lipinski definition) is 3. The molecule has 0 heterocycles. The van der Waals surface area contributed by atoms with Crippen molar-refractivity contribution in [2.24, 2.45) is 5.41 Å². The van der Waals surface area contributed by atoms with Gasteiger partial charge in [0.25, 0.3) is 0 Å². The molecule has 0 aromatic heterocycles. The van der Waals surface area contributed by atoms with E-state index < -0.39 is 5.97 Å². The summed E-state index contributed by atoms with van der Waals surface area (Å²) in [5, 5.41) is 17.4. The van der Waals surface area contributed by atoms with E-state index in [9.17, 15) is 4.79 Å². The van der Waals surface area contributed by atoms with Gasteiger partial charge < -0.3 is 15.1 Å². The van der Waals surface area contributed by atoms with Crippen molar-refractivity contribution in [3.63, 3.8) is 0 Å². The van der Waals surface area contributed by atoms with Gasteiger partial charge in [0.1, 0.15) is 0 Å². The molecule has 0 fully saturated rings. The first kappa shape index (κ1) is 15.4. The predicted molar refractivity (Wildman–Crippen MR) is 64.5 cm³/mol. The Balaban J connectivity index is 3.95. The number of aliphatic hydroxyl groups is 1. The number of carbonyl (C=O) groups is 1. The SMILES string of the molecule is CC(C)(C)CN(CCCO)CCCC(=O)O. The fourth-order valence-electron chi connectivity index (χ4n) is 1.69. The molecule has 0 aliphatic carbocycles. The summed E-state index contributed by atoms with van der Waals surface area (Å²) in [6, 6.07) is 0. The van der Waals surface area contributed by atoms with Gasteiger partial charge in [-0.1, -0.05) is 20.8 Å². The van der Waals surface area contributed by atoms with Crippen LogP contribution in [0, 0.1) is 5.41 Å². The molecule has 0 rings (SSSR count). The Bertz CT molecular complexity index is 199. The fourth-order valence-corrected chi connectivity index (χ4v) is 1.69. The molecular formula is C12H25NO3. The largest absolute Gasteiger partial charge is 0.481 e. The molecule has 0 bridgehead atoms. The lowest BCUT2D eigenvalue weighted by molar-refractivity contribution is -0.137. The maximum absolute atomic E-state index is 10.4. The second-order valence-electron chi connectivity index (χ2n) is 5.41. The molecule has 96 valence electrons. The maximum Gasteiger partial charge on any atom is 0.303 e. The minimum absolute atomic E-state index is 0.194. The van der Waals surface area contributed by atoms with Crippen molar-refractivity contribution in [1.29, 1.82) is 0 Å². The monoisotopic (exact) mass is 231 g/mol. The van der Waals surface area contributed by atoms with Gasteiger partial charge in [-0.05, 0) is 24.8 Å². The first-order valence-corrected chi connectivity index (χ1v) is 5.90. The minimum atomic E-state index is -0.738. The molecule has 0 spiro atoms. The van der Waals surface area contributed by atoms with Gasteiger partial charge in [0.15, 0.2) is 0 Å². The molecule has 0 aliphatic rings. The van der Waals surface area contributed by atoms with Crippen LogP contribution in [0.4, 0.5) is 0 Å². The zero-order chi connectivity index (χ0) is 12.6. The summed E-state index contributed by atoms with van der Waals surface area (Å²) < 4.78 is 0. The zero-order valence-corrected chi connectivity index (χ0v) is 10.7. The van der Waals surface area contributed by atoms with Crippen molar-refractivity contribution < 1.29 is 15.0 Å². The van der Waals surface area contributed by atoms with Crippen molar-refractivity contribution in [3.05, 3.63) is 0 Å². The highest BCUT2D eigenvalue weighted by Gasteiger charge is 2.16. The van der Waals surface area contributed by atoms with Crippen LogP contribution in [0.25, 0.3) is 0 Å². The lowest BCUT2D eigenvalue weighted by Crippen LogP contribution is -2.34. The highest BCUT2D eigenvalue weighted by molar-refractivity contribution is 5.66. The molecule has 0 amide bonds. The Labute approximate surface area is 98.3 Å². The van der Waals surface area contributed by atoms with Crippen LogP contribution in [0.15, 0.2) is 0 Å². The number of rotatable bonds is 8. The quantitative estimate of drug-likeness (QED) is 0.666. The molecule has 4 heteroatoms. The van der Waals surface area contributed by atoms with Crippen molar-refractivity contribution in [3.8, 4) is 0 Å². The number of carboxylic acid groups (broad SMARTS) is 1. The lowest BCUT2D eigenvalue weighted by atomic mass is 9.96. The molecule has 0 saturated heterocycles. The maximum atomic E-state index is 10.4. The van der Waals surface area contributed by atoms with Crippen molar-refractivity contribution >= 4 is 5.97 Å². The third-order valence-electron chi connectivity index (χ3n) is 2.20. The molecule has 0 unspecified atom stereocenters. The molecule has 4 nitrogen and oxygen atoms in total. The molecule has 0 aliphatic heterocycles. The van der Waals surface area contributed by atoms with Crippen LogP contribution < -0.4 is 0 Å². The number of nitrogens with zero attached hydrogens (tertiary/aromatic N) is 1. The van der Waals surface area contributed by atoms with Crippen LogP contribution in [0.2, 0.25) is 0 Å². The fraction of sp³-hybridized carbons (Fsp3) is 0.917. The zero-order valence-electron chi connectivity index (χ0n) is 10.7.